The van der Waals surface area contributed by atoms with Crippen LogP contribution in [0.1, 0.15) is 43.2 Å². The molecule has 0 bridgehead atoms. The summed E-state index contributed by atoms with van der Waals surface area (Å²) in [5.74, 6) is 1.38. The van der Waals surface area contributed by atoms with Crippen molar-refractivity contribution in [2.75, 3.05) is 6.54 Å². The molecule has 112 valence electrons. The normalized spacial score (nSPS) is 12.1. The minimum absolute atomic E-state index is 0.466. The van der Waals surface area contributed by atoms with Crippen molar-refractivity contribution in [3.8, 4) is 5.75 Å². The van der Waals surface area contributed by atoms with Crippen molar-refractivity contribution in [2.45, 2.75) is 38.7 Å². The SMILES string of the molecule is CCCCC(CN)c1ccc(OCc2ccccc2)cc1. The molecule has 0 aliphatic heterocycles. The van der Waals surface area contributed by atoms with Crippen LogP contribution < -0.4 is 10.5 Å². The highest BCUT2D eigenvalue weighted by atomic mass is 16.5. The zero-order chi connectivity index (χ0) is 14.9. The topological polar surface area (TPSA) is 35.2 Å². The van der Waals surface area contributed by atoms with Gasteiger partial charge in [-0.15, -0.1) is 0 Å². The van der Waals surface area contributed by atoms with Crippen LogP contribution in [0.3, 0.4) is 0 Å². The maximum Gasteiger partial charge on any atom is 0.119 e. The lowest BCUT2D eigenvalue weighted by Gasteiger charge is -2.15. The number of unbranched alkanes of at least 4 members (excludes halogenated alkanes) is 1. The minimum Gasteiger partial charge on any atom is -0.489 e. The van der Waals surface area contributed by atoms with E-state index in [0.717, 1.165) is 12.2 Å². The van der Waals surface area contributed by atoms with Crippen LogP contribution in [-0.2, 0) is 6.61 Å². The van der Waals surface area contributed by atoms with Gasteiger partial charge in [-0.05, 0) is 42.1 Å². The fraction of sp³-hybridized carbons (Fsp3) is 0.368. The molecule has 0 saturated carbocycles. The Morgan fingerprint density at radius 3 is 2.33 bits per heavy atom. The lowest BCUT2D eigenvalue weighted by atomic mass is 9.94. The molecule has 2 aromatic rings. The Hall–Kier alpha value is -1.80. The van der Waals surface area contributed by atoms with Crippen LogP contribution in [0.15, 0.2) is 54.6 Å². The summed E-state index contributed by atoms with van der Waals surface area (Å²) in [4.78, 5) is 0. The van der Waals surface area contributed by atoms with Gasteiger partial charge in [0.05, 0.1) is 0 Å². The van der Waals surface area contributed by atoms with E-state index in [1.807, 2.05) is 30.3 Å². The van der Waals surface area contributed by atoms with Crippen molar-refractivity contribution in [1.29, 1.82) is 0 Å². The van der Waals surface area contributed by atoms with Crippen LogP contribution in [-0.4, -0.2) is 6.54 Å². The third kappa shape index (κ3) is 4.91. The van der Waals surface area contributed by atoms with E-state index in [-0.39, 0.29) is 0 Å². The van der Waals surface area contributed by atoms with Gasteiger partial charge in [-0.1, -0.05) is 62.2 Å². The molecule has 2 nitrogen and oxygen atoms in total. The first kappa shape index (κ1) is 15.6. The molecule has 0 spiro atoms. The molecule has 0 saturated heterocycles. The second-order valence-electron chi connectivity index (χ2n) is 5.42. The first-order valence-corrected chi connectivity index (χ1v) is 7.80. The molecule has 0 radical (unpaired) electrons. The highest BCUT2D eigenvalue weighted by Crippen LogP contribution is 2.23. The lowest BCUT2D eigenvalue weighted by molar-refractivity contribution is 0.306. The molecule has 21 heavy (non-hydrogen) atoms. The summed E-state index contributed by atoms with van der Waals surface area (Å²) in [5.41, 5.74) is 8.39. The molecule has 0 aromatic heterocycles. The molecular weight excluding hydrogens is 258 g/mol. The van der Waals surface area contributed by atoms with E-state index in [4.69, 9.17) is 10.5 Å². The van der Waals surface area contributed by atoms with Crippen molar-refractivity contribution in [3.05, 3.63) is 65.7 Å². The van der Waals surface area contributed by atoms with Gasteiger partial charge in [0.25, 0.3) is 0 Å². The van der Waals surface area contributed by atoms with Gasteiger partial charge in [0, 0.05) is 0 Å². The fourth-order valence-electron chi connectivity index (χ4n) is 2.45. The highest BCUT2D eigenvalue weighted by Gasteiger charge is 2.09. The molecular formula is C19H25NO. The number of rotatable bonds is 8. The standard InChI is InChI=1S/C19H25NO/c1-2-3-9-18(14-20)17-10-12-19(13-11-17)21-15-16-7-5-4-6-8-16/h4-8,10-13,18H,2-3,9,14-15,20H2,1H3. The number of ether oxygens (including phenoxy) is 1. The maximum absolute atomic E-state index is 5.89. The number of hydrogen-bond donors (Lipinski definition) is 1. The van der Waals surface area contributed by atoms with E-state index in [2.05, 4.69) is 31.2 Å². The maximum atomic E-state index is 5.89. The van der Waals surface area contributed by atoms with Gasteiger partial charge < -0.3 is 10.5 Å². The molecule has 0 aliphatic carbocycles. The Labute approximate surface area is 127 Å². The van der Waals surface area contributed by atoms with Crippen molar-refractivity contribution in [2.24, 2.45) is 5.73 Å². The van der Waals surface area contributed by atoms with Crippen molar-refractivity contribution in [1.82, 2.24) is 0 Å². The van der Waals surface area contributed by atoms with E-state index in [0.29, 0.717) is 19.1 Å². The van der Waals surface area contributed by atoms with E-state index in [1.165, 1.54) is 24.0 Å². The van der Waals surface area contributed by atoms with Gasteiger partial charge in [0.2, 0.25) is 0 Å². The van der Waals surface area contributed by atoms with Crippen molar-refractivity contribution in [3.63, 3.8) is 0 Å². The summed E-state index contributed by atoms with van der Waals surface area (Å²) >= 11 is 0. The second kappa shape index (κ2) is 8.48. The van der Waals surface area contributed by atoms with Crippen LogP contribution >= 0.6 is 0 Å². The van der Waals surface area contributed by atoms with Crippen LogP contribution in [0.5, 0.6) is 5.75 Å². The van der Waals surface area contributed by atoms with Crippen molar-refractivity contribution < 1.29 is 4.74 Å². The summed E-state index contributed by atoms with van der Waals surface area (Å²) in [6.45, 7) is 3.54. The molecule has 0 aliphatic rings. The number of hydrogen-bond acceptors (Lipinski definition) is 2. The summed E-state index contributed by atoms with van der Waals surface area (Å²) in [6.07, 6.45) is 3.61. The Morgan fingerprint density at radius 1 is 1.00 bits per heavy atom. The third-order valence-electron chi connectivity index (χ3n) is 3.79. The Bertz CT molecular complexity index is 507. The highest BCUT2D eigenvalue weighted by molar-refractivity contribution is 5.30. The Morgan fingerprint density at radius 2 is 1.71 bits per heavy atom. The predicted octanol–water partition coefficient (Wildman–Crippen LogP) is 4.50. The molecule has 0 heterocycles. The van der Waals surface area contributed by atoms with Crippen molar-refractivity contribution >= 4 is 0 Å². The lowest BCUT2D eigenvalue weighted by Crippen LogP contribution is -2.12. The molecule has 0 fully saturated rings. The van der Waals surface area contributed by atoms with Crippen LogP contribution in [0.25, 0.3) is 0 Å². The monoisotopic (exact) mass is 283 g/mol. The van der Waals surface area contributed by atoms with Gasteiger partial charge in [0.15, 0.2) is 0 Å². The van der Waals surface area contributed by atoms with Gasteiger partial charge in [-0.25, -0.2) is 0 Å². The van der Waals surface area contributed by atoms with E-state index < -0.39 is 0 Å². The predicted molar refractivity (Wildman–Crippen MR) is 88.5 cm³/mol. The van der Waals surface area contributed by atoms with E-state index >= 15 is 0 Å². The molecule has 0 amide bonds. The molecule has 2 rings (SSSR count). The largest absolute Gasteiger partial charge is 0.489 e. The van der Waals surface area contributed by atoms with Gasteiger partial charge in [0.1, 0.15) is 12.4 Å². The average Bonchev–Trinajstić information content (AvgIpc) is 2.56. The first-order chi connectivity index (χ1) is 10.3. The van der Waals surface area contributed by atoms with E-state index in [1.54, 1.807) is 0 Å². The van der Waals surface area contributed by atoms with Crippen LogP contribution in [0, 0.1) is 0 Å². The summed E-state index contributed by atoms with van der Waals surface area (Å²) < 4.78 is 5.81. The third-order valence-corrected chi connectivity index (χ3v) is 3.79. The number of nitrogens with two attached hydrogens (primary N) is 1. The van der Waals surface area contributed by atoms with Gasteiger partial charge >= 0.3 is 0 Å². The Balaban J connectivity index is 1.92. The van der Waals surface area contributed by atoms with E-state index in [9.17, 15) is 0 Å². The Kier molecular flexibility index (Phi) is 6.29. The molecule has 2 aromatic carbocycles. The summed E-state index contributed by atoms with van der Waals surface area (Å²) in [7, 11) is 0. The summed E-state index contributed by atoms with van der Waals surface area (Å²) in [5, 5.41) is 0. The zero-order valence-corrected chi connectivity index (χ0v) is 12.8. The average molecular weight is 283 g/mol. The first-order valence-electron chi connectivity index (χ1n) is 7.80. The summed E-state index contributed by atoms with van der Waals surface area (Å²) in [6, 6.07) is 18.6. The zero-order valence-electron chi connectivity index (χ0n) is 12.8. The second-order valence-corrected chi connectivity index (χ2v) is 5.42. The molecule has 2 heteroatoms. The quantitative estimate of drug-likeness (QED) is 0.774. The number of benzene rings is 2. The fourth-order valence-corrected chi connectivity index (χ4v) is 2.45. The van der Waals surface area contributed by atoms with Crippen LogP contribution in [0.4, 0.5) is 0 Å². The smallest absolute Gasteiger partial charge is 0.119 e. The van der Waals surface area contributed by atoms with Gasteiger partial charge in [-0.3, -0.25) is 0 Å². The molecule has 1 atom stereocenters. The minimum atomic E-state index is 0.466. The molecule has 2 N–H and O–H groups in total. The van der Waals surface area contributed by atoms with Gasteiger partial charge in [-0.2, -0.15) is 0 Å². The van der Waals surface area contributed by atoms with Crippen LogP contribution in [0.2, 0.25) is 0 Å². The molecule has 1 unspecified atom stereocenters.